The van der Waals surface area contributed by atoms with Crippen LogP contribution in [0.25, 0.3) is 0 Å². The molecule has 9 nitrogen and oxygen atoms in total. The largest absolute Gasteiger partial charge is 0.394 e. The van der Waals surface area contributed by atoms with E-state index in [9.17, 15) is 14.0 Å². The van der Waals surface area contributed by atoms with E-state index in [1.165, 1.54) is 6.07 Å². The highest BCUT2D eigenvalue weighted by molar-refractivity contribution is 6.11. The Morgan fingerprint density at radius 1 is 1.15 bits per heavy atom. The van der Waals surface area contributed by atoms with Crippen LogP contribution in [0.4, 0.5) is 10.1 Å². The van der Waals surface area contributed by atoms with Gasteiger partial charge in [0.1, 0.15) is 18.1 Å². The topological polar surface area (TPSA) is 112 Å². The number of ether oxygens (including phenoxy) is 1. The number of piperazine rings is 1. The molecule has 5 aliphatic rings. The summed E-state index contributed by atoms with van der Waals surface area (Å²) in [4.78, 5) is 37.7. The number of fused-ring (bicyclic) bond motifs is 1. The molecule has 2 amide bonds. The molecular formula is C31H42FN5O4. The van der Waals surface area contributed by atoms with Gasteiger partial charge in [-0.3, -0.25) is 14.6 Å². The first-order valence-electron chi connectivity index (χ1n) is 15.1. The molecule has 10 heteroatoms. The summed E-state index contributed by atoms with van der Waals surface area (Å²) in [6.07, 6.45) is 5.24. The van der Waals surface area contributed by atoms with Crippen LogP contribution in [0.5, 0.6) is 0 Å². The second-order valence-electron chi connectivity index (χ2n) is 12.5. The number of likely N-dealkylation sites (tertiary alicyclic amines) is 1. The zero-order valence-corrected chi connectivity index (χ0v) is 24.2. The molecule has 6 rings (SSSR count). The summed E-state index contributed by atoms with van der Waals surface area (Å²) in [6.45, 7) is 7.39. The van der Waals surface area contributed by atoms with E-state index in [2.05, 4.69) is 4.90 Å². The Labute approximate surface area is 241 Å². The Morgan fingerprint density at radius 3 is 2.61 bits per heavy atom. The first kappa shape index (κ1) is 28.2. The number of piperidine rings is 1. The van der Waals surface area contributed by atoms with Crippen molar-refractivity contribution in [3.8, 4) is 0 Å². The van der Waals surface area contributed by atoms with Gasteiger partial charge in [0, 0.05) is 49.7 Å². The first-order valence-corrected chi connectivity index (χ1v) is 15.1. The Balaban J connectivity index is 1.10. The van der Waals surface area contributed by atoms with Crippen molar-refractivity contribution < 1.29 is 23.8 Å². The van der Waals surface area contributed by atoms with Gasteiger partial charge in [-0.25, -0.2) is 4.39 Å². The summed E-state index contributed by atoms with van der Waals surface area (Å²) >= 11 is 0. The fourth-order valence-electron chi connectivity index (χ4n) is 7.14. The number of carbonyl (C=O) groups is 2. The molecule has 2 saturated heterocycles. The van der Waals surface area contributed by atoms with E-state index in [4.69, 9.17) is 20.6 Å². The van der Waals surface area contributed by atoms with Crippen LogP contribution in [0.15, 0.2) is 28.4 Å². The molecule has 0 bridgehead atoms. The van der Waals surface area contributed by atoms with Gasteiger partial charge in [-0.15, -0.1) is 0 Å². The smallest absolute Gasteiger partial charge is 0.270 e. The van der Waals surface area contributed by atoms with Crippen molar-refractivity contribution in [2.75, 3.05) is 57.4 Å². The van der Waals surface area contributed by atoms with Crippen LogP contribution in [-0.2, 0) is 14.3 Å². The monoisotopic (exact) mass is 567 g/mol. The number of halogens is 1. The van der Waals surface area contributed by atoms with Gasteiger partial charge >= 0.3 is 0 Å². The number of nitrogens with zero attached hydrogens (tertiary/aromatic N) is 4. The summed E-state index contributed by atoms with van der Waals surface area (Å²) in [5.74, 6) is 0.444. The number of benzene rings is 1. The standard InChI is InChI=1S/C31H42FN5O4/c1-19-20(2)26(4-3-24(19)32)36-11-12-37(31(18-36)7-8-31)27(39)17-34-25-16-21-15-23(21)28(25)29(33)30(40)35-9-5-22(6-10-35)41-14-13-38/h3-4,21-23,38H,5-18,33H2,1-2H3/b29-28-,34-25?/t21-,23?/m1/s1. The van der Waals surface area contributed by atoms with Crippen LogP contribution < -0.4 is 10.6 Å². The molecule has 2 heterocycles. The van der Waals surface area contributed by atoms with E-state index in [1.54, 1.807) is 4.90 Å². The van der Waals surface area contributed by atoms with Crippen LogP contribution in [0, 0.1) is 31.5 Å². The van der Waals surface area contributed by atoms with Gasteiger partial charge < -0.3 is 30.3 Å². The molecule has 2 atom stereocenters. The average Bonchev–Trinajstić information content (AvgIpc) is 3.90. The quantitative estimate of drug-likeness (QED) is 0.490. The van der Waals surface area contributed by atoms with Crippen LogP contribution in [-0.4, -0.2) is 96.6 Å². The van der Waals surface area contributed by atoms with E-state index in [0.717, 1.165) is 67.6 Å². The fraction of sp³-hybridized carbons (Fsp3) is 0.645. The third kappa shape index (κ3) is 5.36. The third-order valence-electron chi connectivity index (χ3n) is 9.97. The highest BCUT2D eigenvalue weighted by atomic mass is 19.1. The van der Waals surface area contributed by atoms with Crippen LogP contribution in [0.3, 0.4) is 0 Å². The van der Waals surface area contributed by atoms with Crippen molar-refractivity contribution in [1.82, 2.24) is 9.80 Å². The Morgan fingerprint density at radius 2 is 1.90 bits per heavy atom. The fourth-order valence-corrected chi connectivity index (χ4v) is 7.14. The van der Waals surface area contributed by atoms with Crippen LogP contribution in [0.1, 0.15) is 49.7 Å². The molecule has 222 valence electrons. The molecule has 1 aromatic carbocycles. The SMILES string of the molecule is Cc1c(F)ccc(N2CCN(C(=O)CN=C3C[C@H]4CC4/C3=C(/N)C(=O)N3CCC(OCCO)CC3)C3(CC3)C2)c1C. The van der Waals surface area contributed by atoms with Crippen LogP contribution >= 0.6 is 0 Å². The molecule has 3 N–H and O–H groups in total. The highest BCUT2D eigenvalue weighted by Crippen LogP contribution is 2.54. The highest BCUT2D eigenvalue weighted by Gasteiger charge is 2.54. The van der Waals surface area contributed by atoms with E-state index >= 15 is 0 Å². The number of aliphatic imine (C=N–C) groups is 1. The second-order valence-corrected chi connectivity index (χ2v) is 12.5. The van der Waals surface area contributed by atoms with Crippen molar-refractivity contribution in [2.45, 2.75) is 64.0 Å². The molecule has 41 heavy (non-hydrogen) atoms. The Bertz CT molecular complexity index is 1280. The lowest BCUT2D eigenvalue weighted by Crippen LogP contribution is -2.57. The Hall–Kier alpha value is -2.98. The first-order chi connectivity index (χ1) is 19.7. The van der Waals surface area contributed by atoms with Gasteiger partial charge in [-0.05, 0) is 87.5 Å². The zero-order chi connectivity index (χ0) is 28.9. The number of carbonyl (C=O) groups excluding carboxylic acids is 2. The zero-order valence-electron chi connectivity index (χ0n) is 24.2. The lowest BCUT2D eigenvalue weighted by molar-refractivity contribution is -0.133. The Kier molecular flexibility index (Phi) is 7.57. The molecule has 3 aliphatic carbocycles. The van der Waals surface area contributed by atoms with Crippen molar-refractivity contribution in [1.29, 1.82) is 0 Å². The molecule has 1 unspecified atom stereocenters. The lowest BCUT2D eigenvalue weighted by Gasteiger charge is -2.43. The summed E-state index contributed by atoms with van der Waals surface area (Å²) in [7, 11) is 0. The summed E-state index contributed by atoms with van der Waals surface area (Å²) < 4.78 is 19.7. The summed E-state index contributed by atoms with van der Waals surface area (Å²) in [5.41, 5.74) is 11.0. The predicted molar refractivity (Wildman–Crippen MR) is 154 cm³/mol. The molecule has 3 saturated carbocycles. The van der Waals surface area contributed by atoms with Gasteiger partial charge in [0.25, 0.3) is 5.91 Å². The normalized spacial score (nSPS) is 27.4. The molecule has 1 spiro atoms. The predicted octanol–water partition coefficient (Wildman–Crippen LogP) is 2.32. The minimum absolute atomic E-state index is 0.00202. The molecule has 0 radical (unpaired) electrons. The van der Waals surface area contributed by atoms with E-state index in [-0.39, 0.29) is 54.0 Å². The molecule has 2 aliphatic heterocycles. The number of aliphatic hydroxyl groups excluding tert-OH is 1. The maximum atomic E-state index is 14.0. The summed E-state index contributed by atoms with van der Waals surface area (Å²) in [6, 6.07) is 3.39. The van der Waals surface area contributed by atoms with Crippen LogP contribution in [0.2, 0.25) is 0 Å². The molecule has 5 fully saturated rings. The maximum absolute atomic E-state index is 14.0. The number of hydrogen-bond acceptors (Lipinski definition) is 7. The number of rotatable bonds is 7. The van der Waals surface area contributed by atoms with Gasteiger partial charge in [-0.1, -0.05) is 0 Å². The van der Waals surface area contributed by atoms with Crippen molar-refractivity contribution in [2.24, 2.45) is 22.6 Å². The number of amides is 2. The average molecular weight is 568 g/mol. The minimum Gasteiger partial charge on any atom is -0.394 e. The number of aliphatic hydroxyl groups is 1. The molecule has 1 aromatic rings. The van der Waals surface area contributed by atoms with Crippen molar-refractivity contribution >= 4 is 23.2 Å². The van der Waals surface area contributed by atoms with E-state index in [0.29, 0.717) is 44.3 Å². The second kappa shape index (κ2) is 11.0. The van der Waals surface area contributed by atoms with Gasteiger partial charge in [0.05, 0.1) is 24.9 Å². The summed E-state index contributed by atoms with van der Waals surface area (Å²) in [5, 5.41) is 8.98. The number of nitrogens with two attached hydrogens (primary N) is 1. The number of allylic oxidation sites excluding steroid dienone is 1. The van der Waals surface area contributed by atoms with Gasteiger partial charge in [0.2, 0.25) is 5.91 Å². The van der Waals surface area contributed by atoms with E-state index in [1.807, 2.05) is 24.8 Å². The molecular weight excluding hydrogens is 525 g/mol. The van der Waals surface area contributed by atoms with Gasteiger partial charge in [0.15, 0.2) is 0 Å². The van der Waals surface area contributed by atoms with Crippen molar-refractivity contribution in [3.63, 3.8) is 0 Å². The van der Waals surface area contributed by atoms with Crippen molar-refractivity contribution in [3.05, 3.63) is 40.3 Å². The lowest BCUT2D eigenvalue weighted by atomic mass is 10.0. The maximum Gasteiger partial charge on any atom is 0.270 e. The number of anilines is 1. The number of hydrogen-bond donors (Lipinski definition) is 2. The third-order valence-corrected chi connectivity index (χ3v) is 9.97. The van der Waals surface area contributed by atoms with Gasteiger partial charge in [-0.2, -0.15) is 0 Å². The minimum atomic E-state index is -0.186. The molecule has 0 aromatic heterocycles. The van der Waals surface area contributed by atoms with E-state index < -0.39 is 0 Å².